The van der Waals surface area contributed by atoms with Gasteiger partial charge in [0.2, 0.25) is 0 Å². The van der Waals surface area contributed by atoms with E-state index in [-0.39, 0.29) is 18.5 Å². The van der Waals surface area contributed by atoms with E-state index >= 15 is 0 Å². The summed E-state index contributed by atoms with van der Waals surface area (Å²) in [5.41, 5.74) is 5.45. The van der Waals surface area contributed by atoms with Crippen molar-refractivity contribution in [3.8, 4) is 0 Å². The summed E-state index contributed by atoms with van der Waals surface area (Å²) < 4.78 is 37.6. The lowest BCUT2D eigenvalue weighted by molar-refractivity contribution is -0.155. The number of fused-ring (bicyclic) bond motifs is 1. The Morgan fingerprint density at radius 1 is 1.19 bits per heavy atom. The number of hydrogen-bond acceptors (Lipinski definition) is 11. The van der Waals surface area contributed by atoms with E-state index < -0.39 is 43.6 Å². The van der Waals surface area contributed by atoms with Crippen LogP contribution in [0.15, 0.2) is 12.7 Å². The molecule has 2 aromatic heterocycles. The zero-order valence-electron chi connectivity index (χ0n) is 22.6. The van der Waals surface area contributed by atoms with Gasteiger partial charge in [0.15, 0.2) is 17.6 Å². The van der Waals surface area contributed by atoms with Crippen LogP contribution in [0.1, 0.15) is 61.3 Å². The van der Waals surface area contributed by atoms with Crippen LogP contribution in [0.4, 0.5) is 5.82 Å². The highest BCUT2D eigenvalue weighted by molar-refractivity contribution is 7.56. The molecule has 0 bridgehead atoms. The second kappa shape index (κ2) is 13.3. The highest BCUT2D eigenvalue weighted by atomic mass is 31.2. The molecule has 0 saturated carbocycles. The van der Waals surface area contributed by atoms with E-state index in [0.717, 1.165) is 6.42 Å². The Labute approximate surface area is 217 Å². The van der Waals surface area contributed by atoms with Crippen molar-refractivity contribution in [2.75, 3.05) is 18.7 Å². The Bertz CT molecular complexity index is 1110. The lowest BCUT2D eigenvalue weighted by Gasteiger charge is -2.31. The van der Waals surface area contributed by atoms with Gasteiger partial charge in [0, 0.05) is 0 Å². The fraction of sp³-hybridized carbons (Fsp3) is 0.696. The third-order valence-electron chi connectivity index (χ3n) is 5.12. The average molecular weight is 543 g/mol. The Balaban J connectivity index is 2.16. The van der Waals surface area contributed by atoms with Crippen LogP contribution in [0.2, 0.25) is 0 Å². The molecule has 13 nitrogen and oxygen atoms in total. The number of ether oxygens (including phenoxy) is 3. The number of unbranched alkanes of at least 4 members (excludes halogenated alkanes) is 1. The number of carbonyl (C=O) groups is 2. The second-order valence-electron chi connectivity index (χ2n) is 9.57. The van der Waals surface area contributed by atoms with Gasteiger partial charge in [-0.2, -0.15) is 0 Å². The highest BCUT2D eigenvalue weighted by Crippen LogP contribution is 2.46. The molecule has 0 radical (unpaired) electrons. The van der Waals surface area contributed by atoms with Gasteiger partial charge in [-0.05, 0) is 48.0 Å². The molecule has 0 aliphatic heterocycles. The maximum atomic E-state index is 13.9. The molecule has 1 unspecified atom stereocenters. The molecule has 37 heavy (non-hydrogen) atoms. The number of aromatic nitrogens is 4. The van der Waals surface area contributed by atoms with Crippen molar-refractivity contribution in [3.63, 3.8) is 0 Å². The molecule has 208 valence electrons. The molecular formula is C23H39N6O7P. The first-order valence-electron chi connectivity index (χ1n) is 12.3. The van der Waals surface area contributed by atoms with E-state index in [0.29, 0.717) is 24.1 Å². The molecular weight excluding hydrogens is 503 g/mol. The van der Waals surface area contributed by atoms with E-state index in [4.69, 9.17) is 24.5 Å². The number of hydrogen-bond donors (Lipinski definition) is 2. The van der Waals surface area contributed by atoms with Gasteiger partial charge in [-0.25, -0.2) is 24.8 Å². The lowest BCUT2D eigenvalue weighted by Crippen LogP contribution is -2.47. The fourth-order valence-electron chi connectivity index (χ4n) is 3.26. The van der Waals surface area contributed by atoms with E-state index in [1.54, 1.807) is 31.7 Å². The van der Waals surface area contributed by atoms with E-state index in [9.17, 15) is 14.2 Å². The first-order chi connectivity index (χ1) is 17.3. The number of nitrogen functional groups attached to an aromatic ring is 1. The summed E-state index contributed by atoms with van der Waals surface area (Å²) in [7, 11) is -3.93. The van der Waals surface area contributed by atoms with Crippen LogP contribution in [0.5, 0.6) is 0 Å². The van der Waals surface area contributed by atoms with Crippen LogP contribution in [-0.4, -0.2) is 68.3 Å². The predicted octanol–water partition coefficient (Wildman–Crippen LogP) is 3.03. The Morgan fingerprint density at radius 2 is 1.89 bits per heavy atom. The van der Waals surface area contributed by atoms with Crippen molar-refractivity contribution >= 4 is 36.4 Å². The SMILES string of the molecule is CCCCOC(=O)C(C)(C)NP(=O)(CO[C@H](C)Cn1cnc2c(N)ncnc21)O[C@@H](C)C(=O)OC(C)C. The molecule has 3 atom stereocenters. The van der Waals surface area contributed by atoms with Gasteiger partial charge in [-0.15, -0.1) is 0 Å². The molecule has 0 aliphatic carbocycles. The minimum Gasteiger partial charge on any atom is -0.464 e. The third-order valence-corrected chi connectivity index (χ3v) is 7.16. The van der Waals surface area contributed by atoms with Gasteiger partial charge < -0.3 is 29.0 Å². The lowest BCUT2D eigenvalue weighted by atomic mass is 10.1. The zero-order valence-corrected chi connectivity index (χ0v) is 23.5. The first-order valence-corrected chi connectivity index (χ1v) is 14.1. The van der Waals surface area contributed by atoms with Gasteiger partial charge in [-0.3, -0.25) is 9.36 Å². The average Bonchev–Trinajstić information content (AvgIpc) is 3.21. The maximum absolute atomic E-state index is 13.9. The summed E-state index contributed by atoms with van der Waals surface area (Å²) in [4.78, 5) is 37.4. The molecule has 14 heteroatoms. The van der Waals surface area contributed by atoms with Gasteiger partial charge in [-0.1, -0.05) is 13.3 Å². The molecule has 0 spiro atoms. The minimum absolute atomic E-state index is 0.239. The summed E-state index contributed by atoms with van der Waals surface area (Å²) in [5, 5.41) is 2.76. The predicted molar refractivity (Wildman–Crippen MR) is 138 cm³/mol. The smallest absolute Gasteiger partial charge is 0.335 e. The van der Waals surface area contributed by atoms with Crippen molar-refractivity contribution in [1.29, 1.82) is 0 Å². The second-order valence-corrected chi connectivity index (χ2v) is 11.6. The number of carbonyl (C=O) groups excluding carboxylic acids is 2. The van der Waals surface area contributed by atoms with Crippen LogP contribution in [0.3, 0.4) is 0 Å². The van der Waals surface area contributed by atoms with E-state index in [1.165, 1.54) is 27.1 Å². The summed E-state index contributed by atoms with van der Waals surface area (Å²) in [5.74, 6) is -1.03. The summed E-state index contributed by atoms with van der Waals surface area (Å²) in [6, 6.07) is 0. The first kappa shape index (κ1) is 30.6. The molecule has 2 aromatic rings. The van der Waals surface area contributed by atoms with Gasteiger partial charge in [0.05, 0.1) is 31.7 Å². The van der Waals surface area contributed by atoms with E-state index in [2.05, 4.69) is 20.0 Å². The largest absolute Gasteiger partial charge is 0.464 e. The van der Waals surface area contributed by atoms with Crippen LogP contribution >= 0.6 is 7.52 Å². The highest BCUT2D eigenvalue weighted by Gasteiger charge is 2.40. The Hall–Kier alpha value is -2.60. The minimum atomic E-state index is -3.93. The molecule has 0 amide bonds. The van der Waals surface area contributed by atoms with Crippen molar-refractivity contribution in [3.05, 3.63) is 12.7 Å². The molecule has 0 aliphatic rings. The van der Waals surface area contributed by atoms with Gasteiger partial charge in [0.25, 0.3) is 7.52 Å². The number of nitrogens with one attached hydrogen (secondary N) is 1. The fourth-order valence-corrected chi connectivity index (χ4v) is 5.43. The molecule has 0 saturated heterocycles. The molecule has 2 rings (SSSR count). The molecule has 0 fully saturated rings. The number of nitrogens with zero attached hydrogens (tertiary/aromatic N) is 4. The van der Waals surface area contributed by atoms with E-state index in [1.807, 2.05) is 6.92 Å². The van der Waals surface area contributed by atoms with Gasteiger partial charge in [0.1, 0.15) is 23.7 Å². The van der Waals surface area contributed by atoms with Crippen molar-refractivity contribution < 1.29 is 32.9 Å². The Kier molecular flexibility index (Phi) is 11.0. The van der Waals surface area contributed by atoms with Crippen LogP contribution in [0, 0.1) is 0 Å². The van der Waals surface area contributed by atoms with Crippen LogP contribution in [0.25, 0.3) is 11.2 Å². The third kappa shape index (κ3) is 9.03. The number of anilines is 1. The normalized spacial score (nSPS) is 15.4. The van der Waals surface area contributed by atoms with Crippen LogP contribution in [-0.2, 0) is 39.4 Å². The van der Waals surface area contributed by atoms with Crippen molar-refractivity contribution in [2.24, 2.45) is 0 Å². The quantitative estimate of drug-likeness (QED) is 0.192. The Morgan fingerprint density at radius 3 is 2.54 bits per heavy atom. The monoisotopic (exact) mass is 542 g/mol. The molecule has 3 N–H and O–H groups in total. The maximum Gasteiger partial charge on any atom is 0.335 e. The summed E-state index contributed by atoms with van der Waals surface area (Å²) in [6.07, 6.45) is 1.99. The number of imidazole rings is 1. The zero-order chi connectivity index (χ0) is 27.8. The van der Waals surface area contributed by atoms with Crippen molar-refractivity contribution in [2.45, 2.75) is 91.7 Å². The number of esters is 2. The number of nitrogens with two attached hydrogens (primary N) is 1. The molecule has 0 aromatic carbocycles. The standard InChI is InChI=1S/C23H39N6O7P/c1-8-9-10-33-22(31)23(6,7)28-37(32,36-17(5)21(30)35-15(2)3)14-34-16(4)11-29-13-27-18-19(24)25-12-26-20(18)29/h12-13,15-17H,8-11,14H2,1-7H3,(H,28,32)(H2,24,25,26)/t16-,17+,37?/m1/s1. The van der Waals surface area contributed by atoms with Crippen LogP contribution < -0.4 is 10.8 Å². The molecule has 2 heterocycles. The van der Waals surface area contributed by atoms with Gasteiger partial charge >= 0.3 is 11.9 Å². The number of rotatable bonds is 15. The topological polar surface area (TPSA) is 170 Å². The summed E-state index contributed by atoms with van der Waals surface area (Å²) >= 11 is 0. The summed E-state index contributed by atoms with van der Waals surface area (Å²) in [6.45, 7) is 12.2. The van der Waals surface area contributed by atoms with Crippen molar-refractivity contribution in [1.82, 2.24) is 24.6 Å².